The third-order valence-electron chi connectivity index (χ3n) is 12.3. The predicted molar refractivity (Wildman–Crippen MR) is 322 cm³/mol. The number of nitrogens with zero attached hydrogens (tertiary/aromatic N) is 8. The van der Waals surface area contributed by atoms with Crippen molar-refractivity contribution in [3.8, 4) is 22.5 Å². The van der Waals surface area contributed by atoms with Gasteiger partial charge in [0.25, 0.3) is 5.91 Å². The third-order valence-corrected chi connectivity index (χ3v) is 13.5. The van der Waals surface area contributed by atoms with E-state index < -0.39 is 102 Å². The lowest BCUT2D eigenvalue weighted by Gasteiger charge is -2.34. The molecule has 0 unspecified atom stereocenters. The summed E-state index contributed by atoms with van der Waals surface area (Å²) in [4.78, 5) is 42.0. The molecule has 3 aromatic carbocycles. The van der Waals surface area contributed by atoms with Gasteiger partial charge in [0.2, 0.25) is 0 Å². The fraction of sp³-hybridized carbons (Fsp3) is 0.421. The van der Waals surface area contributed by atoms with E-state index in [1.807, 2.05) is 24.3 Å². The molecule has 19 nitrogen and oxygen atoms in total. The number of benzene rings is 3. The number of amides is 3. The highest BCUT2D eigenvalue weighted by Gasteiger charge is 2.53. The Balaban J connectivity index is 0.000000221. The molecule has 2 aliphatic heterocycles. The lowest BCUT2D eigenvalue weighted by Crippen LogP contribution is -2.50. The van der Waals surface area contributed by atoms with Crippen molar-refractivity contribution in [3.63, 3.8) is 0 Å². The number of carbonyl (C=O) groups excluding carboxylic acids is 3. The fourth-order valence-electron chi connectivity index (χ4n) is 8.61. The zero-order valence-electron chi connectivity index (χ0n) is 48.3. The predicted octanol–water partition coefficient (Wildman–Crippen LogP) is 12.9. The van der Waals surface area contributed by atoms with E-state index >= 15 is 0 Å². The third kappa shape index (κ3) is 20.4. The molecular weight excluding hydrogens is 1250 g/mol. The van der Waals surface area contributed by atoms with Crippen molar-refractivity contribution in [2.75, 3.05) is 20.0 Å². The maximum Gasteiger partial charge on any atom is 0.413 e. The largest absolute Gasteiger partial charge is 0.444 e. The van der Waals surface area contributed by atoms with E-state index in [-0.39, 0.29) is 5.15 Å². The molecule has 6 aromatic rings. The van der Waals surface area contributed by atoms with Crippen molar-refractivity contribution in [1.82, 2.24) is 45.7 Å². The number of aromatic nitrogens is 6. The number of aliphatic hydroxyl groups is 1. The minimum absolute atomic E-state index is 0.282. The molecule has 3 amide bonds. The van der Waals surface area contributed by atoms with Gasteiger partial charge >= 0.3 is 19.7 Å². The van der Waals surface area contributed by atoms with Gasteiger partial charge in [0.15, 0.2) is 25.4 Å². The van der Waals surface area contributed by atoms with Gasteiger partial charge in [-0.2, -0.15) is 0 Å². The summed E-state index contributed by atoms with van der Waals surface area (Å²) in [5, 5.41) is 44.7. The van der Waals surface area contributed by atoms with E-state index in [0.29, 0.717) is 37.9 Å². The molecule has 2 aliphatic rings. The van der Waals surface area contributed by atoms with Crippen LogP contribution in [0.4, 0.5) is 22.8 Å². The average Bonchev–Trinajstić information content (AvgIpc) is 1.73. The summed E-state index contributed by atoms with van der Waals surface area (Å²) in [5.74, 6) is -0.770. The van der Waals surface area contributed by atoms with Gasteiger partial charge in [0.1, 0.15) is 61.0 Å². The topological polar surface area (TPSA) is 234 Å². The molecule has 0 saturated carbocycles. The molecule has 0 bridgehead atoms. The maximum atomic E-state index is 14.0. The van der Waals surface area contributed by atoms with Crippen molar-refractivity contribution in [2.24, 2.45) is 0 Å². The highest BCUT2D eigenvalue weighted by molar-refractivity contribution is 6.53. The number of rotatable bonds is 13. The molecule has 2 fully saturated rings. The monoisotopic (exact) mass is 1310 g/mol. The highest BCUT2D eigenvalue weighted by atomic mass is 35.5. The van der Waals surface area contributed by atoms with Gasteiger partial charge in [-0.15, -0.1) is 30.6 Å². The Hall–Kier alpha value is -5.70. The summed E-state index contributed by atoms with van der Waals surface area (Å²) in [6.07, 6.45) is -3.71. The Kier molecular flexibility index (Phi) is 26.0. The van der Waals surface area contributed by atoms with E-state index in [4.69, 9.17) is 93.8 Å². The van der Waals surface area contributed by atoms with Crippen molar-refractivity contribution < 1.29 is 61.7 Å². The van der Waals surface area contributed by atoms with E-state index in [1.54, 1.807) is 154 Å². The molecule has 0 spiro atoms. The Bertz CT molecular complexity index is 3110. The molecule has 86 heavy (non-hydrogen) atoms. The van der Waals surface area contributed by atoms with E-state index in [2.05, 4.69) is 40.7 Å². The van der Waals surface area contributed by atoms with Gasteiger partial charge in [-0.25, -0.2) is 22.8 Å². The molecule has 1 radical (unpaired) electrons. The molecule has 6 atom stereocenters. The molecule has 5 heterocycles. The highest BCUT2D eigenvalue weighted by Crippen LogP contribution is 2.44. The second-order valence-electron chi connectivity index (χ2n) is 21.9. The number of aliphatic hydroxyl groups excluding tert-OH is 1. The second-order valence-corrected chi connectivity index (χ2v) is 24.6. The van der Waals surface area contributed by atoms with Crippen LogP contribution in [-0.4, -0.2) is 142 Å². The molecule has 3 aromatic heterocycles. The first-order chi connectivity index (χ1) is 40.3. The lowest BCUT2D eigenvalue weighted by atomic mass is 9.87. The summed E-state index contributed by atoms with van der Waals surface area (Å²) in [7, 11) is 1.17. The molecule has 8 rings (SSSR count). The van der Waals surface area contributed by atoms with Crippen LogP contribution in [0.15, 0.2) is 109 Å². The van der Waals surface area contributed by atoms with Gasteiger partial charge in [-0.3, -0.25) is 19.9 Å². The Morgan fingerprint density at radius 2 is 0.965 bits per heavy atom. The van der Waals surface area contributed by atoms with Crippen molar-refractivity contribution in [2.45, 2.75) is 133 Å². The number of hydrogen-bond donors (Lipinski definition) is 3. The maximum absolute atomic E-state index is 14.0. The number of carbonyl (C=O) groups is 3. The smallest absolute Gasteiger partial charge is 0.413 e. The standard InChI is InChI=1S/C21H25ClFN3O3.C17H24BFNO5.C15H13Cl3FN3O2.C4H2Cl2N2/c1-20(2,3)29-19(27)26-16(12-23)18(28-21(26,4)5)14-8-6-13(7-9-14)15-10-11-17(22)25-24-15;1-16(2,3)24-15(21)20-13(10-19)14(23-17(20,4)5)11-6-8-12(9-7-11)18-25-22;16-12-6-5-10(21-22-12)8-1-3-9(4-2-8)13(23)11(7-19)20-15(24)14(17)18;5-3-1-2-4(6)8-7-3/h6-11,16,18H,12H2,1-5H3;6-9,13-14,22H,10H2,1-5H3;1-6,11,13-14,23H,7H2,(H,20,24);1-2H/t16-,18-;13-,14-;11-,13-;/m111./s1. The average molecular weight is 1320 g/mol. The summed E-state index contributed by atoms with van der Waals surface area (Å²) in [6.45, 7) is 15.0. The first-order valence-electron chi connectivity index (χ1n) is 26.2. The van der Waals surface area contributed by atoms with Crippen LogP contribution in [0.1, 0.15) is 104 Å². The molecule has 0 aliphatic carbocycles. The van der Waals surface area contributed by atoms with Crippen LogP contribution in [0.2, 0.25) is 20.6 Å². The zero-order valence-corrected chi connectivity index (χ0v) is 52.8. The van der Waals surface area contributed by atoms with Gasteiger partial charge < -0.3 is 34.2 Å². The Morgan fingerprint density at radius 3 is 1.28 bits per heavy atom. The van der Waals surface area contributed by atoms with Crippen molar-refractivity contribution in [1.29, 1.82) is 0 Å². The number of hydrogen-bond acceptors (Lipinski definition) is 16. The Labute approximate surface area is 527 Å². The molecular formula is C57H64BCl6F3N9O10. The summed E-state index contributed by atoms with van der Waals surface area (Å²) >= 11 is 33.0. The molecule has 3 N–H and O–H groups in total. The first-order valence-corrected chi connectivity index (χ1v) is 28.6. The zero-order chi connectivity index (χ0) is 63.9. The van der Waals surface area contributed by atoms with E-state index in [1.165, 1.54) is 17.3 Å². The van der Waals surface area contributed by atoms with Gasteiger partial charge in [-0.05, 0) is 122 Å². The normalized spacial score (nSPS) is 18.4. The van der Waals surface area contributed by atoms with Crippen molar-refractivity contribution >= 4 is 101 Å². The second kappa shape index (κ2) is 31.5. The molecule has 463 valence electrons. The van der Waals surface area contributed by atoms with E-state index in [9.17, 15) is 32.7 Å². The Morgan fingerprint density at radius 1 is 0.605 bits per heavy atom. The molecule has 2 saturated heterocycles. The van der Waals surface area contributed by atoms with E-state index in [0.717, 1.165) is 22.3 Å². The number of nitrogens with one attached hydrogen (secondary N) is 1. The van der Waals surface area contributed by atoms with Crippen LogP contribution in [0.3, 0.4) is 0 Å². The summed E-state index contributed by atoms with van der Waals surface area (Å²) in [6, 6.07) is 28.0. The minimum Gasteiger partial charge on any atom is -0.444 e. The van der Waals surface area contributed by atoms with Crippen LogP contribution >= 0.6 is 69.6 Å². The lowest BCUT2D eigenvalue weighted by molar-refractivity contribution is -0.135. The molecule has 29 heteroatoms. The van der Waals surface area contributed by atoms with Crippen LogP contribution in [0.5, 0.6) is 0 Å². The summed E-state index contributed by atoms with van der Waals surface area (Å²) in [5.41, 5.74) is 2.01. The SMILES string of the molecule is CC(C)(C)OC(=O)N1[C@H](CF)[C@@H](c2ccc(-c3ccc(Cl)nn3)cc2)OC1(C)C.CC(C)(C)OC(=O)N1[C@H](CF)[C@@H](c2ccc([B]OO)cc2)OC1(C)C.Clc1ccc(Cl)nn1.O=C(N[C@H](CF)[C@H](O)c1ccc(-c2ccc(Cl)nn2)cc1)C(Cl)Cl. The van der Waals surface area contributed by atoms with Gasteiger partial charge in [0.05, 0.1) is 29.5 Å². The van der Waals surface area contributed by atoms with Crippen LogP contribution in [-0.2, 0) is 28.5 Å². The van der Waals surface area contributed by atoms with Crippen LogP contribution in [0.25, 0.3) is 22.5 Å². The van der Waals surface area contributed by atoms with Gasteiger partial charge in [0, 0.05) is 11.1 Å². The minimum atomic E-state index is -1.34. The number of halogens is 9. The fourth-order valence-corrected chi connectivity index (χ4v) is 9.14. The van der Waals surface area contributed by atoms with Crippen molar-refractivity contribution in [3.05, 3.63) is 146 Å². The van der Waals surface area contributed by atoms with Gasteiger partial charge in [-0.1, -0.05) is 148 Å². The number of ether oxygens (including phenoxy) is 4. The van der Waals surface area contributed by atoms with Crippen LogP contribution < -0.4 is 10.8 Å². The quantitative estimate of drug-likeness (QED) is 0.0422. The van der Waals surface area contributed by atoms with Crippen LogP contribution in [0, 0.1) is 0 Å². The number of alkyl halides is 5. The first kappa shape index (κ1) is 71.1. The summed E-state index contributed by atoms with van der Waals surface area (Å²) < 4.78 is 63.9.